The quantitative estimate of drug-likeness (QED) is 0.769. The van der Waals surface area contributed by atoms with Crippen LogP contribution in [0, 0.1) is 5.92 Å². The molecule has 1 saturated carbocycles. The van der Waals surface area contributed by atoms with E-state index in [1.54, 1.807) is 12.4 Å². The molecule has 1 aliphatic carbocycles. The molecule has 134 valence electrons. The number of hydrogen-bond donors (Lipinski definition) is 1. The molecule has 1 atom stereocenters. The van der Waals surface area contributed by atoms with Crippen LogP contribution in [0.1, 0.15) is 56.8 Å². The van der Waals surface area contributed by atoms with Crippen molar-refractivity contribution in [1.82, 2.24) is 15.3 Å². The van der Waals surface area contributed by atoms with Crippen molar-refractivity contribution in [3.8, 4) is 5.75 Å². The number of ether oxygens (including phenoxy) is 1. The Balaban J connectivity index is 1.50. The van der Waals surface area contributed by atoms with Crippen LogP contribution in [0.15, 0.2) is 42.7 Å². The molecule has 1 fully saturated rings. The fraction of sp³-hybridized carbons (Fsp3) is 0.524. The summed E-state index contributed by atoms with van der Waals surface area (Å²) >= 11 is 0. The minimum atomic E-state index is 0.398. The smallest absolute Gasteiger partial charge is 0.166 e. The van der Waals surface area contributed by atoms with Crippen LogP contribution in [0.5, 0.6) is 5.75 Å². The first-order valence-corrected chi connectivity index (χ1v) is 9.51. The molecule has 1 heterocycles. The predicted octanol–water partition coefficient (Wildman–Crippen LogP) is 4.50. The number of benzene rings is 1. The van der Waals surface area contributed by atoms with Crippen molar-refractivity contribution in [2.45, 2.75) is 64.6 Å². The summed E-state index contributed by atoms with van der Waals surface area (Å²) < 4.78 is 5.94. The van der Waals surface area contributed by atoms with Crippen LogP contribution in [0.2, 0.25) is 0 Å². The van der Waals surface area contributed by atoms with Crippen LogP contribution in [0.4, 0.5) is 0 Å². The molecule has 0 aliphatic heterocycles. The predicted molar refractivity (Wildman–Crippen MR) is 100 cm³/mol. The van der Waals surface area contributed by atoms with Crippen molar-refractivity contribution in [3.05, 3.63) is 54.1 Å². The van der Waals surface area contributed by atoms with Gasteiger partial charge in [-0.15, -0.1) is 0 Å². The van der Waals surface area contributed by atoms with E-state index in [2.05, 4.69) is 34.3 Å². The van der Waals surface area contributed by atoms with Crippen LogP contribution < -0.4 is 10.1 Å². The van der Waals surface area contributed by atoms with Gasteiger partial charge in [-0.25, -0.2) is 9.97 Å². The Kier molecular flexibility index (Phi) is 6.80. The minimum Gasteiger partial charge on any atom is -0.485 e. The van der Waals surface area contributed by atoms with Gasteiger partial charge in [0.15, 0.2) is 5.82 Å². The van der Waals surface area contributed by atoms with Gasteiger partial charge in [-0.05, 0) is 31.4 Å². The summed E-state index contributed by atoms with van der Waals surface area (Å²) in [7, 11) is 0. The van der Waals surface area contributed by atoms with Crippen molar-refractivity contribution < 1.29 is 4.74 Å². The van der Waals surface area contributed by atoms with Gasteiger partial charge in [-0.3, -0.25) is 0 Å². The largest absolute Gasteiger partial charge is 0.485 e. The summed E-state index contributed by atoms with van der Waals surface area (Å²) in [6.07, 6.45) is 11.8. The zero-order valence-corrected chi connectivity index (χ0v) is 15.2. The fourth-order valence-corrected chi connectivity index (χ4v) is 3.63. The third-order valence-corrected chi connectivity index (χ3v) is 5.00. The van der Waals surface area contributed by atoms with Gasteiger partial charge in [0.1, 0.15) is 12.4 Å². The molecule has 0 amide bonds. The molecule has 1 aromatic heterocycles. The Bertz CT molecular complexity index is 626. The highest BCUT2D eigenvalue weighted by molar-refractivity contribution is 5.33. The van der Waals surface area contributed by atoms with Gasteiger partial charge < -0.3 is 10.1 Å². The topological polar surface area (TPSA) is 47.0 Å². The monoisotopic (exact) mass is 339 g/mol. The molecule has 2 aromatic rings. The minimum absolute atomic E-state index is 0.398. The van der Waals surface area contributed by atoms with E-state index in [1.165, 1.54) is 44.1 Å². The van der Waals surface area contributed by atoms with E-state index in [-0.39, 0.29) is 0 Å². The number of para-hydroxylation sites is 1. The zero-order valence-electron chi connectivity index (χ0n) is 15.2. The van der Waals surface area contributed by atoms with E-state index >= 15 is 0 Å². The van der Waals surface area contributed by atoms with Crippen molar-refractivity contribution in [2.75, 3.05) is 0 Å². The van der Waals surface area contributed by atoms with Gasteiger partial charge in [0, 0.05) is 30.5 Å². The SMILES string of the molecule is CC(CC1CCCCC1)NCc1ccccc1OCc1ncccn1. The highest BCUT2D eigenvalue weighted by Crippen LogP contribution is 2.27. The maximum atomic E-state index is 5.94. The Morgan fingerprint density at radius 1 is 1.08 bits per heavy atom. The summed E-state index contributed by atoms with van der Waals surface area (Å²) in [4.78, 5) is 8.42. The number of rotatable bonds is 8. The molecule has 1 N–H and O–H groups in total. The van der Waals surface area contributed by atoms with Gasteiger partial charge in [0.25, 0.3) is 0 Å². The third-order valence-electron chi connectivity index (χ3n) is 5.00. The molecule has 0 spiro atoms. The van der Waals surface area contributed by atoms with E-state index < -0.39 is 0 Å². The van der Waals surface area contributed by atoms with Crippen LogP contribution in [-0.4, -0.2) is 16.0 Å². The number of nitrogens with zero attached hydrogens (tertiary/aromatic N) is 2. The molecule has 3 rings (SSSR count). The van der Waals surface area contributed by atoms with E-state index in [0.717, 1.165) is 18.2 Å². The van der Waals surface area contributed by atoms with Crippen molar-refractivity contribution in [2.24, 2.45) is 5.92 Å². The molecule has 25 heavy (non-hydrogen) atoms. The second-order valence-corrected chi connectivity index (χ2v) is 7.08. The summed E-state index contributed by atoms with van der Waals surface area (Å²) in [5.41, 5.74) is 1.19. The average Bonchev–Trinajstić information content (AvgIpc) is 2.67. The maximum absolute atomic E-state index is 5.94. The van der Waals surface area contributed by atoms with E-state index in [4.69, 9.17) is 4.74 Å². The number of nitrogens with one attached hydrogen (secondary N) is 1. The first kappa shape index (κ1) is 17.9. The Hall–Kier alpha value is -1.94. The molecule has 0 bridgehead atoms. The molecule has 0 radical (unpaired) electrons. The van der Waals surface area contributed by atoms with Gasteiger partial charge in [-0.1, -0.05) is 50.3 Å². The lowest BCUT2D eigenvalue weighted by Crippen LogP contribution is -2.28. The first-order chi connectivity index (χ1) is 12.3. The molecule has 1 aromatic carbocycles. The highest BCUT2D eigenvalue weighted by Gasteiger charge is 2.16. The van der Waals surface area contributed by atoms with Crippen molar-refractivity contribution in [1.29, 1.82) is 0 Å². The number of aromatic nitrogens is 2. The second kappa shape index (κ2) is 9.52. The lowest BCUT2D eigenvalue weighted by Gasteiger charge is -2.25. The van der Waals surface area contributed by atoms with Crippen molar-refractivity contribution >= 4 is 0 Å². The van der Waals surface area contributed by atoms with Crippen LogP contribution in [0.25, 0.3) is 0 Å². The molecular formula is C21H29N3O. The molecule has 1 unspecified atom stereocenters. The molecular weight excluding hydrogens is 310 g/mol. The summed E-state index contributed by atoms with van der Waals surface area (Å²) in [5.74, 6) is 2.52. The highest BCUT2D eigenvalue weighted by atomic mass is 16.5. The summed E-state index contributed by atoms with van der Waals surface area (Å²) in [5, 5.41) is 3.67. The Morgan fingerprint density at radius 3 is 2.64 bits per heavy atom. The van der Waals surface area contributed by atoms with Gasteiger partial charge >= 0.3 is 0 Å². The molecule has 1 aliphatic rings. The third kappa shape index (κ3) is 5.82. The first-order valence-electron chi connectivity index (χ1n) is 9.51. The number of hydrogen-bond acceptors (Lipinski definition) is 4. The standard InChI is InChI=1S/C21H29N3O/c1-17(14-18-8-3-2-4-9-18)24-15-19-10-5-6-11-20(19)25-16-21-22-12-7-13-23-21/h5-7,10-13,17-18,24H,2-4,8-9,14-16H2,1H3. The van der Waals surface area contributed by atoms with Crippen molar-refractivity contribution in [3.63, 3.8) is 0 Å². The zero-order chi connectivity index (χ0) is 17.3. The molecule has 0 saturated heterocycles. The average molecular weight is 339 g/mol. The lowest BCUT2D eigenvalue weighted by molar-refractivity contribution is 0.288. The Morgan fingerprint density at radius 2 is 1.84 bits per heavy atom. The Labute approximate surface area is 151 Å². The van der Waals surface area contributed by atoms with Gasteiger partial charge in [0.2, 0.25) is 0 Å². The van der Waals surface area contributed by atoms with E-state index in [0.29, 0.717) is 18.5 Å². The molecule has 4 heteroatoms. The summed E-state index contributed by atoms with van der Waals surface area (Å²) in [6, 6.07) is 10.6. The van der Waals surface area contributed by atoms with Crippen LogP contribution >= 0.6 is 0 Å². The second-order valence-electron chi connectivity index (χ2n) is 7.08. The van der Waals surface area contributed by atoms with Crippen LogP contribution in [-0.2, 0) is 13.2 Å². The van der Waals surface area contributed by atoms with E-state index in [9.17, 15) is 0 Å². The van der Waals surface area contributed by atoms with Gasteiger partial charge in [0.05, 0.1) is 0 Å². The van der Waals surface area contributed by atoms with Gasteiger partial charge in [-0.2, -0.15) is 0 Å². The fourth-order valence-electron chi connectivity index (χ4n) is 3.63. The van der Waals surface area contributed by atoms with E-state index in [1.807, 2.05) is 18.2 Å². The maximum Gasteiger partial charge on any atom is 0.166 e. The van der Waals surface area contributed by atoms with Crippen LogP contribution in [0.3, 0.4) is 0 Å². The summed E-state index contributed by atoms with van der Waals surface area (Å²) in [6.45, 7) is 3.53. The molecule has 4 nitrogen and oxygen atoms in total. The normalized spacial score (nSPS) is 16.5. The lowest BCUT2D eigenvalue weighted by atomic mass is 9.85.